The summed E-state index contributed by atoms with van der Waals surface area (Å²) in [7, 11) is 0. The van der Waals surface area contributed by atoms with E-state index in [2.05, 4.69) is 32.3 Å². The zero-order valence-corrected chi connectivity index (χ0v) is 12.3. The van der Waals surface area contributed by atoms with E-state index >= 15 is 0 Å². The van der Waals surface area contributed by atoms with Crippen LogP contribution in [0.2, 0.25) is 0 Å². The minimum atomic E-state index is 0.0381. The van der Waals surface area contributed by atoms with Crippen molar-refractivity contribution in [3.05, 3.63) is 11.5 Å². The van der Waals surface area contributed by atoms with Gasteiger partial charge in [0, 0.05) is 17.9 Å². The number of imidazole rings is 1. The summed E-state index contributed by atoms with van der Waals surface area (Å²) in [5.41, 5.74) is 7.46. The van der Waals surface area contributed by atoms with Gasteiger partial charge in [-0.25, -0.2) is 4.98 Å². The average Bonchev–Trinajstić information content (AvgIpc) is 2.87. The van der Waals surface area contributed by atoms with E-state index in [4.69, 9.17) is 10.7 Å². The van der Waals surface area contributed by atoms with Crippen LogP contribution in [-0.4, -0.2) is 9.55 Å². The Morgan fingerprint density at radius 3 is 2.39 bits per heavy atom. The molecule has 102 valence electrons. The standard InChI is InChI=1S/C15H27N3/c1-5-10-18-13(16)12(15(2,3)4)17-14(18)11-8-6-7-9-11/h11H,5-10,16H2,1-4H3. The van der Waals surface area contributed by atoms with Crippen LogP contribution in [0.3, 0.4) is 0 Å². The van der Waals surface area contributed by atoms with Crippen molar-refractivity contribution < 1.29 is 0 Å². The van der Waals surface area contributed by atoms with Gasteiger partial charge in [-0.1, -0.05) is 40.5 Å². The Morgan fingerprint density at radius 2 is 1.89 bits per heavy atom. The van der Waals surface area contributed by atoms with Crippen LogP contribution < -0.4 is 5.73 Å². The number of hydrogen-bond donors (Lipinski definition) is 1. The topological polar surface area (TPSA) is 43.8 Å². The molecule has 0 spiro atoms. The third kappa shape index (κ3) is 2.40. The molecule has 1 heterocycles. The highest BCUT2D eigenvalue weighted by Crippen LogP contribution is 2.37. The highest BCUT2D eigenvalue weighted by Gasteiger charge is 2.29. The van der Waals surface area contributed by atoms with Crippen molar-refractivity contribution in [2.24, 2.45) is 0 Å². The van der Waals surface area contributed by atoms with Gasteiger partial charge in [0.1, 0.15) is 11.6 Å². The van der Waals surface area contributed by atoms with Crippen LogP contribution in [-0.2, 0) is 12.0 Å². The fourth-order valence-corrected chi connectivity index (χ4v) is 2.99. The van der Waals surface area contributed by atoms with E-state index in [0.29, 0.717) is 5.92 Å². The summed E-state index contributed by atoms with van der Waals surface area (Å²) in [6.45, 7) is 9.79. The van der Waals surface area contributed by atoms with E-state index in [0.717, 1.165) is 24.5 Å². The van der Waals surface area contributed by atoms with Crippen LogP contribution in [0.15, 0.2) is 0 Å². The van der Waals surface area contributed by atoms with Gasteiger partial charge in [0.15, 0.2) is 0 Å². The lowest BCUT2D eigenvalue weighted by Gasteiger charge is -2.16. The Morgan fingerprint density at radius 1 is 1.28 bits per heavy atom. The quantitative estimate of drug-likeness (QED) is 0.884. The molecule has 1 aromatic rings. The molecule has 3 heteroatoms. The molecule has 0 atom stereocenters. The number of nitrogens with two attached hydrogens (primary N) is 1. The second-order valence-corrected chi connectivity index (χ2v) is 6.59. The second kappa shape index (κ2) is 4.94. The van der Waals surface area contributed by atoms with Gasteiger partial charge in [-0.15, -0.1) is 0 Å². The summed E-state index contributed by atoms with van der Waals surface area (Å²) >= 11 is 0. The largest absolute Gasteiger partial charge is 0.384 e. The first kappa shape index (κ1) is 13.4. The summed E-state index contributed by atoms with van der Waals surface area (Å²) in [6, 6.07) is 0. The number of hydrogen-bond acceptors (Lipinski definition) is 2. The predicted octanol–water partition coefficient (Wildman–Crippen LogP) is 3.83. The van der Waals surface area contributed by atoms with Crippen LogP contribution >= 0.6 is 0 Å². The summed E-state index contributed by atoms with van der Waals surface area (Å²) in [5.74, 6) is 2.78. The first-order chi connectivity index (χ1) is 8.45. The Kier molecular flexibility index (Phi) is 3.69. The Bertz CT molecular complexity index is 406. The van der Waals surface area contributed by atoms with E-state index in [9.17, 15) is 0 Å². The number of aromatic nitrogens is 2. The molecule has 2 N–H and O–H groups in total. The maximum atomic E-state index is 6.34. The van der Waals surface area contributed by atoms with Crippen LogP contribution in [0.4, 0.5) is 5.82 Å². The number of rotatable bonds is 3. The minimum absolute atomic E-state index is 0.0381. The molecule has 0 unspecified atom stereocenters. The molecule has 1 saturated carbocycles. The molecule has 0 amide bonds. The van der Waals surface area contributed by atoms with Gasteiger partial charge in [-0.3, -0.25) is 0 Å². The van der Waals surface area contributed by atoms with Gasteiger partial charge in [0.2, 0.25) is 0 Å². The summed E-state index contributed by atoms with van der Waals surface area (Å²) in [6.07, 6.45) is 6.36. The number of anilines is 1. The van der Waals surface area contributed by atoms with Crippen molar-refractivity contribution in [1.29, 1.82) is 0 Å². The van der Waals surface area contributed by atoms with Gasteiger partial charge in [-0.2, -0.15) is 0 Å². The van der Waals surface area contributed by atoms with E-state index in [1.807, 2.05) is 0 Å². The molecule has 0 radical (unpaired) electrons. The molecule has 0 aromatic carbocycles. The fourth-order valence-electron chi connectivity index (χ4n) is 2.99. The normalized spacial score (nSPS) is 17.6. The van der Waals surface area contributed by atoms with Gasteiger partial charge in [0.05, 0.1) is 5.69 Å². The first-order valence-electron chi connectivity index (χ1n) is 7.31. The van der Waals surface area contributed by atoms with Gasteiger partial charge in [-0.05, 0) is 19.3 Å². The molecule has 2 rings (SSSR count). The zero-order chi connectivity index (χ0) is 13.3. The monoisotopic (exact) mass is 249 g/mol. The van der Waals surface area contributed by atoms with E-state index < -0.39 is 0 Å². The molecule has 1 aliphatic rings. The molecular weight excluding hydrogens is 222 g/mol. The SMILES string of the molecule is CCCn1c(C2CCCC2)nc(C(C)(C)C)c1N. The zero-order valence-electron chi connectivity index (χ0n) is 12.3. The fraction of sp³-hybridized carbons (Fsp3) is 0.800. The maximum absolute atomic E-state index is 6.34. The smallest absolute Gasteiger partial charge is 0.127 e. The Balaban J connectivity index is 2.43. The first-order valence-corrected chi connectivity index (χ1v) is 7.31. The Hall–Kier alpha value is -0.990. The average molecular weight is 249 g/mol. The third-order valence-electron chi connectivity index (χ3n) is 3.91. The molecule has 0 bridgehead atoms. The van der Waals surface area contributed by atoms with Crippen LogP contribution in [0.25, 0.3) is 0 Å². The third-order valence-corrected chi connectivity index (χ3v) is 3.91. The molecule has 0 aliphatic heterocycles. The molecule has 1 aliphatic carbocycles. The lowest BCUT2D eigenvalue weighted by molar-refractivity contribution is 0.565. The van der Waals surface area contributed by atoms with Gasteiger partial charge in [0.25, 0.3) is 0 Å². The van der Waals surface area contributed by atoms with Gasteiger partial charge >= 0.3 is 0 Å². The van der Waals surface area contributed by atoms with Crippen molar-refractivity contribution in [2.45, 2.75) is 77.7 Å². The van der Waals surface area contributed by atoms with Crippen molar-refractivity contribution in [3.63, 3.8) is 0 Å². The molecule has 1 aromatic heterocycles. The van der Waals surface area contributed by atoms with Gasteiger partial charge < -0.3 is 10.3 Å². The molecule has 3 nitrogen and oxygen atoms in total. The van der Waals surface area contributed by atoms with E-state index in [1.54, 1.807) is 0 Å². The van der Waals surface area contributed by atoms with Crippen molar-refractivity contribution in [2.75, 3.05) is 5.73 Å². The van der Waals surface area contributed by atoms with Crippen molar-refractivity contribution in [1.82, 2.24) is 9.55 Å². The maximum Gasteiger partial charge on any atom is 0.127 e. The van der Waals surface area contributed by atoms with E-state index in [1.165, 1.54) is 31.5 Å². The minimum Gasteiger partial charge on any atom is -0.384 e. The lowest BCUT2D eigenvalue weighted by atomic mass is 9.92. The summed E-state index contributed by atoms with van der Waals surface area (Å²) < 4.78 is 2.27. The van der Waals surface area contributed by atoms with Crippen molar-refractivity contribution in [3.8, 4) is 0 Å². The van der Waals surface area contributed by atoms with E-state index in [-0.39, 0.29) is 5.41 Å². The molecule has 0 saturated heterocycles. The lowest BCUT2D eigenvalue weighted by Crippen LogP contribution is -2.15. The second-order valence-electron chi connectivity index (χ2n) is 6.59. The number of nitrogens with zero attached hydrogens (tertiary/aromatic N) is 2. The summed E-state index contributed by atoms with van der Waals surface area (Å²) in [4.78, 5) is 4.92. The predicted molar refractivity (Wildman–Crippen MR) is 76.8 cm³/mol. The highest BCUT2D eigenvalue weighted by molar-refractivity contribution is 5.43. The summed E-state index contributed by atoms with van der Waals surface area (Å²) in [5, 5.41) is 0. The molecule has 1 fully saturated rings. The molecule has 18 heavy (non-hydrogen) atoms. The number of nitrogen functional groups attached to an aromatic ring is 1. The van der Waals surface area contributed by atoms with Crippen LogP contribution in [0.1, 0.15) is 77.2 Å². The highest BCUT2D eigenvalue weighted by atomic mass is 15.1. The molecular formula is C15H27N3. The Labute approximate surface area is 111 Å². The van der Waals surface area contributed by atoms with Crippen molar-refractivity contribution >= 4 is 5.82 Å². The van der Waals surface area contributed by atoms with Crippen LogP contribution in [0.5, 0.6) is 0 Å². The van der Waals surface area contributed by atoms with Crippen LogP contribution in [0, 0.1) is 0 Å².